The summed E-state index contributed by atoms with van der Waals surface area (Å²) in [4.78, 5) is -0.297. The Balaban J connectivity index is 0.00000288. The zero-order valence-electron chi connectivity index (χ0n) is 13.2. The van der Waals surface area contributed by atoms with Crippen LogP contribution in [0.2, 0.25) is 0 Å². The van der Waals surface area contributed by atoms with Crippen molar-refractivity contribution in [3.05, 3.63) is 24.3 Å². The van der Waals surface area contributed by atoms with Gasteiger partial charge >= 0.3 is 6.61 Å². The minimum absolute atomic E-state index is 0. The van der Waals surface area contributed by atoms with Gasteiger partial charge in [-0.2, -0.15) is 8.78 Å². The van der Waals surface area contributed by atoms with Crippen molar-refractivity contribution in [2.45, 2.75) is 49.7 Å². The largest absolute Gasteiger partial charge is 0.433 e. The maximum absolute atomic E-state index is 12.6. The highest BCUT2D eigenvalue weighted by molar-refractivity contribution is 7.89. The van der Waals surface area contributed by atoms with E-state index in [9.17, 15) is 17.2 Å². The molecule has 1 atom stereocenters. The van der Waals surface area contributed by atoms with Crippen LogP contribution in [0.15, 0.2) is 29.2 Å². The first-order chi connectivity index (χ1) is 10.9. The van der Waals surface area contributed by atoms with Gasteiger partial charge in [0.15, 0.2) is 0 Å². The van der Waals surface area contributed by atoms with E-state index in [0.717, 1.165) is 32.1 Å². The number of sulfonamides is 1. The Hall–Kier alpha value is -0.960. The summed E-state index contributed by atoms with van der Waals surface area (Å²) in [6, 6.07) is 4.95. The Labute approximate surface area is 147 Å². The summed E-state index contributed by atoms with van der Waals surface area (Å²) in [6.45, 7) is -2.92. The molecule has 24 heavy (non-hydrogen) atoms. The number of hydrogen-bond donors (Lipinski definition) is 2. The first kappa shape index (κ1) is 21.1. The van der Waals surface area contributed by atoms with E-state index in [-0.39, 0.29) is 35.5 Å². The Morgan fingerprint density at radius 1 is 1.21 bits per heavy atom. The molecule has 1 aliphatic rings. The molecule has 0 saturated heterocycles. The molecule has 1 aromatic rings. The van der Waals surface area contributed by atoms with Gasteiger partial charge in [-0.25, -0.2) is 13.1 Å². The summed E-state index contributed by atoms with van der Waals surface area (Å²) >= 11 is 0. The molecule has 0 amide bonds. The molecule has 3 N–H and O–H groups in total. The molecule has 9 heteroatoms. The Morgan fingerprint density at radius 2 is 1.83 bits per heavy atom. The van der Waals surface area contributed by atoms with Crippen molar-refractivity contribution in [1.29, 1.82) is 0 Å². The topological polar surface area (TPSA) is 81.4 Å². The molecule has 0 heterocycles. The molecule has 2 rings (SSSR count). The van der Waals surface area contributed by atoms with Gasteiger partial charge in [0, 0.05) is 12.6 Å². The maximum Gasteiger partial charge on any atom is 0.387 e. The van der Waals surface area contributed by atoms with Crippen molar-refractivity contribution in [3.63, 3.8) is 0 Å². The van der Waals surface area contributed by atoms with Crippen LogP contribution in [0.4, 0.5) is 8.78 Å². The van der Waals surface area contributed by atoms with Gasteiger partial charge in [0.25, 0.3) is 0 Å². The minimum Gasteiger partial charge on any atom is -0.433 e. The first-order valence-electron chi connectivity index (χ1n) is 7.70. The molecule has 0 radical (unpaired) electrons. The van der Waals surface area contributed by atoms with Crippen molar-refractivity contribution in [1.82, 2.24) is 4.72 Å². The molecule has 1 saturated carbocycles. The van der Waals surface area contributed by atoms with Gasteiger partial charge in [0.1, 0.15) is 10.6 Å². The zero-order valence-corrected chi connectivity index (χ0v) is 14.8. The van der Waals surface area contributed by atoms with Crippen LogP contribution in [0.5, 0.6) is 5.75 Å². The molecule has 5 nitrogen and oxygen atoms in total. The summed E-state index contributed by atoms with van der Waals surface area (Å²) in [5.41, 5.74) is 5.73. The van der Waals surface area contributed by atoms with Crippen LogP contribution >= 0.6 is 12.4 Å². The number of nitrogens with one attached hydrogen (secondary N) is 1. The van der Waals surface area contributed by atoms with Crippen LogP contribution in [0.25, 0.3) is 0 Å². The van der Waals surface area contributed by atoms with Crippen molar-refractivity contribution < 1.29 is 21.9 Å². The second-order valence-electron chi connectivity index (χ2n) is 5.69. The number of halogens is 3. The third kappa shape index (κ3) is 5.54. The van der Waals surface area contributed by atoms with Crippen LogP contribution in [0.1, 0.15) is 32.1 Å². The van der Waals surface area contributed by atoms with Crippen LogP contribution in [0, 0.1) is 5.92 Å². The normalized spacial score (nSPS) is 17.3. The van der Waals surface area contributed by atoms with E-state index in [0.29, 0.717) is 0 Å². The average Bonchev–Trinajstić information content (AvgIpc) is 2.53. The number of alkyl halides is 2. The van der Waals surface area contributed by atoms with Crippen LogP contribution in [-0.2, 0) is 10.0 Å². The van der Waals surface area contributed by atoms with E-state index in [1.807, 2.05) is 0 Å². The smallest absolute Gasteiger partial charge is 0.387 e. The van der Waals surface area contributed by atoms with Crippen LogP contribution in [-0.4, -0.2) is 27.6 Å². The Kier molecular flexibility index (Phi) is 8.35. The highest BCUT2D eigenvalue weighted by Crippen LogP contribution is 2.29. The standard InChI is InChI=1S/C15H22F2N2O3S.ClH/c16-15(17)22-13-8-4-5-9-14(13)23(20,21)19-12(10-18)11-6-2-1-3-7-11;/h4-5,8-9,11-12,15,19H,1-3,6-7,10,18H2;1H. The lowest BCUT2D eigenvalue weighted by Gasteiger charge is -2.30. The summed E-state index contributed by atoms with van der Waals surface area (Å²) in [5.74, 6) is -0.193. The lowest BCUT2D eigenvalue weighted by molar-refractivity contribution is -0.0517. The fraction of sp³-hybridized carbons (Fsp3) is 0.600. The highest BCUT2D eigenvalue weighted by Gasteiger charge is 2.29. The highest BCUT2D eigenvalue weighted by atomic mass is 35.5. The molecule has 0 aromatic heterocycles. The quantitative estimate of drug-likeness (QED) is 0.757. The van der Waals surface area contributed by atoms with E-state index in [1.54, 1.807) is 0 Å². The summed E-state index contributed by atoms with van der Waals surface area (Å²) in [7, 11) is -3.99. The number of para-hydroxylation sites is 1. The lowest BCUT2D eigenvalue weighted by atomic mass is 9.84. The molecule has 138 valence electrons. The van der Waals surface area contributed by atoms with Gasteiger partial charge in [-0.1, -0.05) is 31.4 Å². The summed E-state index contributed by atoms with van der Waals surface area (Å²) in [5, 5.41) is 0. The van der Waals surface area contributed by atoms with Gasteiger partial charge in [-0.15, -0.1) is 12.4 Å². The average molecular weight is 385 g/mol. The number of rotatable bonds is 7. The monoisotopic (exact) mass is 384 g/mol. The number of ether oxygens (including phenoxy) is 1. The molecular formula is C15H23ClF2N2O3S. The molecule has 1 aromatic carbocycles. The van der Waals surface area contributed by atoms with Crippen molar-refractivity contribution in [2.24, 2.45) is 11.7 Å². The summed E-state index contributed by atoms with van der Waals surface area (Å²) in [6.07, 6.45) is 5.08. The number of benzene rings is 1. The molecular weight excluding hydrogens is 362 g/mol. The van der Waals surface area contributed by atoms with Gasteiger partial charge in [0.2, 0.25) is 10.0 Å². The van der Waals surface area contributed by atoms with Crippen molar-refractivity contribution >= 4 is 22.4 Å². The number of hydrogen-bond acceptors (Lipinski definition) is 4. The Bertz CT molecular complexity index is 610. The van der Waals surface area contributed by atoms with E-state index < -0.39 is 22.7 Å². The van der Waals surface area contributed by atoms with E-state index in [1.165, 1.54) is 24.3 Å². The molecule has 1 unspecified atom stereocenters. The first-order valence-corrected chi connectivity index (χ1v) is 9.18. The molecule has 0 spiro atoms. The van der Waals surface area contributed by atoms with E-state index in [2.05, 4.69) is 9.46 Å². The molecule has 0 aliphatic heterocycles. The third-order valence-electron chi connectivity index (χ3n) is 4.13. The molecule has 1 aliphatic carbocycles. The third-order valence-corrected chi connectivity index (χ3v) is 5.66. The Morgan fingerprint density at radius 3 is 2.42 bits per heavy atom. The van der Waals surface area contributed by atoms with Gasteiger partial charge in [0.05, 0.1) is 0 Å². The second kappa shape index (κ2) is 9.50. The van der Waals surface area contributed by atoms with E-state index in [4.69, 9.17) is 5.73 Å². The van der Waals surface area contributed by atoms with Gasteiger partial charge < -0.3 is 10.5 Å². The van der Waals surface area contributed by atoms with Crippen LogP contribution in [0.3, 0.4) is 0 Å². The fourth-order valence-corrected chi connectivity index (χ4v) is 4.45. The fourth-order valence-electron chi connectivity index (χ4n) is 3.00. The zero-order chi connectivity index (χ0) is 16.9. The molecule has 0 bridgehead atoms. The maximum atomic E-state index is 12.6. The second-order valence-corrected chi connectivity index (χ2v) is 7.37. The van der Waals surface area contributed by atoms with Gasteiger partial charge in [-0.05, 0) is 30.9 Å². The molecule has 1 fully saturated rings. The minimum atomic E-state index is -3.99. The summed E-state index contributed by atoms with van der Waals surface area (Å²) < 4.78 is 56.9. The predicted octanol–water partition coefficient (Wildman–Crippen LogP) is 2.90. The number of nitrogens with two attached hydrogens (primary N) is 1. The van der Waals surface area contributed by atoms with Gasteiger partial charge in [-0.3, -0.25) is 0 Å². The van der Waals surface area contributed by atoms with Crippen LogP contribution < -0.4 is 15.2 Å². The van der Waals surface area contributed by atoms with Crippen molar-refractivity contribution in [3.8, 4) is 5.75 Å². The van der Waals surface area contributed by atoms with E-state index >= 15 is 0 Å². The lowest BCUT2D eigenvalue weighted by Crippen LogP contribution is -2.45. The predicted molar refractivity (Wildman–Crippen MR) is 90.1 cm³/mol. The SMILES string of the molecule is Cl.NCC(NS(=O)(=O)c1ccccc1OC(F)F)C1CCCCC1. The van der Waals surface area contributed by atoms with Crippen molar-refractivity contribution in [2.75, 3.05) is 6.54 Å².